The Hall–Kier alpha value is -2.10. The predicted octanol–water partition coefficient (Wildman–Crippen LogP) is 3.15. The first-order chi connectivity index (χ1) is 10.6. The largest absolute Gasteiger partial charge is 0.744 e. The highest BCUT2D eigenvalue weighted by Gasteiger charge is 2.16. The third-order valence-corrected chi connectivity index (χ3v) is 4.34. The number of para-hydroxylation sites is 1. The van der Waals surface area contributed by atoms with Crippen molar-refractivity contribution in [3.8, 4) is 5.75 Å². The van der Waals surface area contributed by atoms with E-state index in [1.165, 1.54) is 21.9 Å². The number of rotatable bonds is 3. The topological polar surface area (TPSA) is 110 Å². The number of nitro groups is 1. The second-order valence-corrected chi connectivity index (χ2v) is 7.24. The first-order valence-corrected chi connectivity index (χ1v) is 8.52. The molecule has 0 aliphatic carbocycles. The summed E-state index contributed by atoms with van der Waals surface area (Å²) in [6.45, 7) is 4.17. The van der Waals surface area contributed by atoms with Gasteiger partial charge in [-0.1, -0.05) is 12.1 Å². The number of nitro benzene ring substituents is 1. The molecule has 1 aromatic carbocycles. The molecule has 7 nitrogen and oxygen atoms in total. The van der Waals surface area contributed by atoms with Crippen LogP contribution in [0.1, 0.15) is 9.75 Å². The molecule has 0 aliphatic rings. The van der Waals surface area contributed by atoms with Crippen LogP contribution in [0, 0.1) is 24.0 Å². The number of hydrogen-bond donors (Lipinski definition) is 0. The third-order valence-electron chi connectivity index (χ3n) is 2.58. The number of benzene rings is 1. The Kier molecular flexibility index (Phi) is 6.55. The minimum atomic E-state index is -4.77. The molecular weight excluding hydrogens is 342 g/mol. The van der Waals surface area contributed by atoms with E-state index in [4.69, 9.17) is 4.74 Å². The highest BCUT2D eigenvalue weighted by atomic mass is 32.2. The molecule has 9 heteroatoms. The smallest absolute Gasteiger partial charge is 0.286 e. The molecule has 0 unspecified atom stereocenters. The summed E-state index contributed by atoms with van der Waals surface area (Å²) in [4.78, 5) is 11.1. The normalized spacial score (nSPS) is 10.4. The van der Waals surface area contributed by atoms with E-state index >= 15 is 0 Å². The number of aryl methyl sites for hydroxylation is 2. The average Bonchev–Trinajstić information content (AvgIpc) is 2.46. The maximum atomic E-state index is 10.5. The molecule has 0 N–H and O–H groups in total. The van der Waals surface area contributed by atoms with Gasteiger partial charge in [-0.2, -0.15) is 0 Å². The maximum Gasteiger partial charge on any atom is 0.286 e. The van der Waals surface area contributed by atoms with Gasteiger partial charge in [-0.15, -0.1) is 0 Å². The Morgan fingerprint density at radius 2 is 1.65 bits per heavy atom. The van der Waals surface area contributed by atoms with E-state index in [0.717, 1.165) is 17.9 Å². The summed E-state index contributed by atoms with van der Waals surface area (Å²) >= 11 is 1.78. The molecule has 0 fully saturated rings. The Morgan fingerprint density at radius 1 is 1.13 bits per heavy atom. The maximum absolute atomic E-state index is 10.5. The molecule has 124 valence electrons. The van der Waals surface area contributed by atoms with Crippen molar-refractivity contribution in [1.82, 2.24) is 0 Å². The fourth-order valence-electron chi connectivity index (χ4n) is 1.69. The van der Waals surface area contributed by atoms with Crippen molar-refractivity contribution in [3.63, 3.8) is 0 Å². The van der Waals surface area contributed by atoms with Crippen LogP contribution in [0.15, 0.2) is 41.3 Å². The second-order valence-electron chi connectivity index (χ2n) is 4.40. The molecule has 0 aliphatic heterocycles. The zero-order valence-corrected chi connectivity index (χ0v) is 14.3. The van der Waals surface area contributed by atoms with E-state index in [-0.39, 0.29) is 0 Å². The van der Waals surface area contributed by atoms with Crippen LogP contribution in [0.4, 0.5) is 5.69 Å². The van der Waals surface area contributed by atoms with Crippen LogP contribution in [0.3, 0.4) is 0 Å². The van der Waals surface area contributed by atoms with Crippen LogP contribution in [0.25, 0.3) is 0 Å². The zero-order valence-electron chi connectivity index (χ0n) is 12.7. The lowest BCUT2D eigenvalue weighted by molar-refractivity contribution is -0.387. The molecule has 0 atom stereocenters. The predicted molar refractivity (Wildman–Crippen MR) is 85.8 cm³/mol. The highest BCUT2D eigenvalue weighted by Crippen LogP contribution is 2.22. The van der Waals surface area contributed by atoms with E-state index in [0.29, 0.717) is 0 Å². The van der Waals surface area contributed by atoms with Gasteiger partial charge >= 0.3 is 0 Å². The van der Waals surface area contributed by atoms with E-state index in [2.05, 4.69) is 13.8 Å². The Labute approximate surface area is 138 Å². The van der Waals surface area contributed by atoms with Gasteiger partial charge in [-0.25, -0.2) is 8.42 Å². The summed E-state index contributed by atoms with van der Waals surface area (Å²) < 4.78 is 36.6. The van der Waals surface area contributed by atoms with Crippen LogP contribution in [0.2, 0.25) is 0 Å². The van der Waals surface area contributed by atoms with Gasteiger partial charge in [-0.05, 0) is 6.07 Å². The lowest BCUT2D eigenvalue weighted by atomic mass is 10.3. The minimum Gasteiger partial charge on any atom is -0.744 e. The van der Waals surface area contributed by atoms with Crippen molar-refractivity contribution < 1.29 is 22.6 Å². The van der Waals surface area contributed by atoms with Gasteiger partial charge in [-0.3, -0.25) is 10.1 Å². The molecule has 1 aromatic heterocycles. The summed E-state index contributed by atoms with van der Waals surface area (Å²) in [5.41, 5.74) is -0.697. The van der Waals surface area contributed by atoms with Crippen LogP contribution >= 0.6 is 11.3 Å². The summed E-state index contributed by atoms with van der Waals surface area (Å²) in [6, 6.07) is 8.48. The van der Waals surface area contributed by atoms with Crippen molar-refractivity contribution in [1.29, 1.82) is 0 Å². The summed E-state index contributed by atoms with van der Waals surface area (Å²) in [5.74, 6) is 0.953. The lowest BCUT2D eigenvalue weighted by Gasteiger charge is -2.06. The van der Waals surface area contributed by atoms with Gasteiger partial charge in [0.1, 0.15) is 20.8 Å². The highest BCUT2D eigenvalue weighted by molar-refractivity contribution is 7.85. The molecule has 0 saturated carbocycles. The zero-order chi connectivity index (χ0) is 17.6. The SMILES string of the molecule is COc1cc(C)[s+]c(C)c1.O=[N+]([O-])c1ccccc1S(=O)(=O)[O-]. The Morgan fingerprint density at radius 3 is 2.04 bits per heavy atom. The van der Waals surface area contributed by atoms with Gasteiger partial charge < -0.3 is 9.29 Å². The van der Waals surface area contributed by atoms with Crippen molar-refractivity contribution >= 4 is 27.1 Å². The Bertz CT molecular complexity index is 784. The third kappa shape index (κ3) is 5.89. The first-order valence-electron chi connectivity index (χ1n) is 6.30. The van der Waals surface area contributed by atoms with Crippen molar-refractivity contribution in [2.75, 3.05) is 7.11 Å². The molecule has 2 rings (SSSR count). The van der Waals surface area contributed by atoms with Gasteiger partial charge in [0.2, 0.25) is 21.1 Å². The molecule has 0 bridgehead atoms. The molecule has 0 saturated heterocycles. The quantitative estimate of drug-likeness (QED) is 0.361. The average molecular weight is 357 g/mol. The standard InChI is InChI=1S/C8H11OS.C6H5NO5S/c1-6-4-8(9-3)5-7(2)10-6;8-7(9)5-3-1-2-4-6(5)13(10,11)12/h4-5H,1-3H3;1-4H,(H,10,11,12)/q+1;/p-1. The summed E-state index contributed by atoms with van der Waals surface area (Å²) in [6.07, 6.45) is 0. The Balaban J connectivity index is 0.000000238. The fourth-order valence-corrected chi connectivity index (χ4v) is 3.19. The van der Waals surface area contributed by atoms with E-state index < -0.39 is 25.6 Å². The van der Waals surface area contributed by atoms with Gasteiger partial charge in [0, 0.05) is 32.0 Å². The second kappa shape index (κ2) is 7.95. The molecular formula is C14H15NO6S2. The molecule has 0 spiro atoms. The fraction of sp³-hybridized carbons (Fsp3) is 0.214. The van der Waals surface area contributed by atoms with Crippen LogP contribution < -0.4 is 4.74 Å². The van der Waals surface area contributed by atoms with E-state index in [9.17, 15) is 23.1 Å². The molecule has 0 amide bonds. The number of ether oxygens (including phenoxy) is 1. The van der Waals surface area contributed by atoms with Crippen LogP contribution in [0.5, 0.6) is 5.75 Å². The molecule has 23 heavy (non-hydrogen) atoms. The number of hydrogen-bond acceptors (Lipinski definition) is 6. The van der Waals surface area contributed by atoms with Crippen molar-refractivity contribution in [2.24, 2.45) is 0 Å². The van der Waals surface area contributed by atoms with E-state index in [1.54, 1.807) is 18.4 Å². The van der Waals surface area contributed by atoms with E-state index in [1.807, 2.05) is 12.1 Å². The lowest BCUT2D eigenvalue weighted by Crippen LogP contribution is -2.02. The first kappa shape index (κ1) is 18.9. The summed E-state index contributed by atoms with van der Waals surface area (Å²) in [7, 11) is -3.08. The molecule has 2 aromatic rings. The van der Waals surface area contributed by atoms with Gasteiger partial charge in [0.05, 0.1) is 12.0 Å². The van der Waals surface area contributed by atoms with Crippen molar-refractivity contribution in [2.45, 2.75) is 18.7 Å². The molecule has 1 heterocycles. The summed E-state index contributed by atoms with van der Waals surface area (Å²) in [5, 5.41) is 10.3. The van der Waals surface area contributed by atoms with Crippen molar-refractivity contribution in [3.05, 3.63) is 56.3 Å². The monoisotopic (exact) mass is 357 g/mol. The molecule has 0 radical (unpaired) electrons. The number of nitrogens with zero attached hydrogens (tertiary/aromatic N) is 1. The van der Waals surface area contributed by atoms with Crippen LogP contribution in [-0.4, -0.2) is 25.0 Å². The number of methoxy groups -OCH3 is 1. The van der Waals surface area contributed by atoms with Gasteiger partial charge in [0.25, 0.3) is 5.69 Å². The van der Waals surface area contributed by atoms with Crippen LogP contribution in [-0.2, 0) is 10.1 Å². The minimum absolute atomic E-state index is 0.697. The van der Waals surface area contributed by atoms with Gasteiger partial charge in [0.15, 0.2) is 0 Å².